The first-order valence-electron chi connectivity index (χ1n) is 14.0. The Balaban J connectivity index is 0.000000505. The Bertz CT molecular complexity index is 1200. The van der Waals surface area contributed by atoms with Crippen LogP contribution in [-0.4, -0.2) is 30.1 Å². The normalized spacial score (nSPS) is 16.7. The highest BCUT2D eigenvalue weighted by Gasteiger charge is 2.35. The Morgan fingerprint density at radius 1 is 1.11 bits per heavy atom. The van der Waals surface area contributed by atoms with Crippen LogP contribution >= 0.6 is 0 Å². The highest BCUT2D eigenvalue weighted by atomic mass is 19.1. The van der Waals surface area contributed by atoms with Gasteiger partial charge in [0.2, 0.25) is 0 Å². The molecule has 0 saturated heterocycles. The van der Waals surface area contributed by atoms with Crippen LogP contribution in [0.25, 0.3) is 17.3 Å². The van der Waals surface area contributed by atoms with Crippen molar-refractivity contribution in [2.24, 2.45) is 5.41 Å². The fourth-order valence-electron chi connectivity index (χ4n) is 4.78. The minimum atomic E-state index is -0.294. The summed E-state index contributed by atoms with van der Waals surface area (Å²) in [6, 6.07) is 7.52. The summed E-state index contributed by atoms with van der Waals surface area (Å²) in [4.78, 5) is 8.02. The lowest BCUT2D eigenvalue weighted by atomic mass is 9.76. The van der Waals surface area contributed by atoms with E-state index in [2.05, 4.69) is 67.1 Å². The molecule has 2 unspecified atom stereocenters. The number of aryl methyl sites for hydroxylation is 1. The number of H-pyrrole nitrogens is 1. The molecule has 1 aromatic carbocycles. The number of aromatic amines is 1. The second-order valence-corrected chi connectivity index (χ2v) is 10.8. The number of anilines is 3. The monoisotopic (exact) mass is 519 g/mol. The zero-order valence-corrected chi connectivity index (χ0v) is 24.3. The molecular weight excluding hydrogens is 473 g/mol. The molecule has 2 heterocycles. The van der Waals surface area contributed by atoms with Gasteiger partial charge in [0.25, 0.3) is 0 Å². The Kier molecular flexibility index (Phi) is 10.1. The highest BCUT2D eigenvalue weighted by molar-refractivity contribution is 5.90. The number of halogens is 1. The third kappa shape index (κ3) is 6.29. The highest BCUT2D eigenvalue weighted by Crippen LogP contribution is 2.46. The average Bonchev–Trinajstić information content (AvgIpc) is 3.25. The first-order valence-corrected chi connectivity index (χ1v) is 14.0. The number of rotatable bonds is 10. The van der Waals surface area contributed by atoms with Gasteiger partial charge >= 0.3 is 0 Å². The largest absolute Gasteiger partial charge is 0.384 e. The summed E-state index contributed by atoms with van der Waals surface area (Å²) < 4.78 is 14.4. The predicted molar refractivity (Wildman–Crippen MR) is 162 cm³/mol. The van der Waals surface area contributed by atoms with Crippen molar-refractivity contribution in [2.45, 2.75) is 78.7 Å². The number of nitrogens with zero attached hydrogens (tertiary/aromatic N) is 1. The number of hydrogen-bond donors (Lipinski definition) is 4. The van der Waals surface area contributed by atoms with Crippen LogP contribution in [0.15, 0.2) is 43.2 Å². The van der Waals surface area contributed by atoms with Crippen LogP contribution < -0.4 is 16.0 Å². The molecule has 0 amide bonds. The summed E-state index contributed by atoms with van der Waals surface area (Å²) in [5.74, 6) is 0.0906. The van der Waals surface area contributed by atoms with Gasteiger partial charge in [-0.25, -0.2) is 4.39 Å². The van der Waals surface area contributed by atoms with E-state index in [4.69, 9.17) is 0 Å². The van der Waals surface area contributed by atoms with Crippen molar-refractivity contribution in [2.75, 3.05) is 24.7 Å². The van der Waals surface area contributed by atoms with Gasteiger partial charge in [0.15, 0.2) is 0 Å². The molecule has 0 spiro atoms. The zero-order chi connectivity index (χ0) is 27.9. The Labute approximate surface area is 228 Å². The van der Waals surface area contributed by atoms with E-state index in [0.29, 0.717) is 28.7 Å². The van der Waals surface area contributed by atoms with Crippen molar-refractivity contribution in [1.29, 1.82) is 0 Å². The minimum Gasteiger partial charge on any atom is -0.384 e. The third-order valence-corrected chi connectivity index (χ3v) is 8.28. The molecule has 3 aromatic rings. The lowest BCUT2D eigenvalue weighted by molar-refractivity contribution is 0.296. The van der Waals surface area contributed by atoms with Gasteiger partial charge in [0.1, 0.15) is 5.82 Å². The molecule has 2 aromatic heterocycles. The first-order chi connectivity index (χ1) is 18.2. The van der Waals surface area contributed by atoms with E-state index >= 15 is 0 Å². The Morgan fingerprint density at radius 3 is 2.37 bits per heavy atom. The summed E-state index contributed by atoms with van der Waals surface area (Å²) in [7, 11) is 3.74. The zero-order valence-electron chi connectivity index (χ0n) is 24.3. The lowest BCUT2D eigenvalue weighted by Gasteiger charge is -2.36. The molecule has 38 heavy (non-hydrogen) atoms. The minimum absolute atomic E-state index is 0.294. The van der Waals surface area contributed by atoms with Gasteiger partial charge < -0.3 is 20.9 Å². The molecule has 1 aliphatic rings. The SMILES string of the molecule is C=Cc1c(C2CCC2NC)[nH]c(-c2ccncc2CC)c1Nc1cccc(F)c1NC.CCC(C)(C)CC. The summed E-state index contributed by atoms with van der Waals surface area (Å²) in [5, 5.41) is 9.91. The van der Waals surface area contributed by atoms with E-state index in [1.807, 2.05) is 37.7 Å². The molecule has 6 heteroatoms. The average molecular weight is 520 g/mol. The van der Waals surface area contributed by atoms with Crippen molar-refractivity contribution in [3.05, 3.63) is 65.9 Å². The van der Waals surface area contributed by atoms with Gasteiger partial charge in [-0.05, 0) is 55.5 Å². The summed E-state index contributed by atoms with van der Waals surface area (Å²) in [6.07, 6.45) is 11.3. The fraction of sp³-hybridized carbons (Fsp3) is 0.469. The fourth-order valence-corrected chi connectivity index (χ4v) is 4.78. The van der Waals surface area contributed by atoms with Crippen molar-refractivity contribution >= 4 is 23.1 Å². The maximum atomic E-state index is 14.4. The molecule has 0 aliphatic heterocycles. The number of aromatic nitrogens is 2. The molecule has 0 bridgehead atoms. The molecule has 5 nitrogen and oxygen atoms in total. The number of pyridine rings is 1. The van der Waals surface area contributed by atoms with E-state index < -0.39 is 0 Å². The maximum absolute atomic E-state index is 14.4. The smallest absolute Gasteiger partial charge is 0.148 e. The van der Waals surface area contributed by atoms with Gasteiger partial charge in [0, 0.05) is 48.2 Å². The topological polar surface area (TPSA) is 64.8 Å². The number of hydrogen-bond acceptors (Lipinski definition) is 4. The van der Waals surface area contributed by atoms with Crippen molar-refractivity contribution < 1.29 is 4.39 Å². The third-order valence-electron chi connectivity index (χ3n) is 8.28. The van der Waals surface area contributed by atoms with Crippen molar-refractivity contribution in [3.63, 3.8) is 0 Å². The van der Waals surface area contributed by atoms with Gasteiger partial charge in [0.05, 0.1) is 22.8 Å². The number of para-hydroxylation sites is 1. The molecule has 0 radical (unpaired) electrons. The predicted octanol–water partition coefficient (Wildman–Crippen LogP) is 8.50. The van der Waals surface area contributed by atoms with Gasteiger partial charge in [-0.15, -0.1) is 0 Å². The quantitative estimate of drug-likeness (QED) is 0.217. The second kappa shape index (κ2) is 13.1. The summed E-state index contributed by atoms with van der Waals surface area (Å²) in [6.45, 7) is 15.3. The van der Waals surface area contributed by atoms with Crippen LogP contribution in [0.4, 0.5) is 21.5 Å². The van der Waals surface area contributed by atoms with Gasteiger partial charge in [-0.3, -0.25) is 4.98 Å². The maximum Gasteiger partial charge on any atom is 0.148 e. The molecule has 4 rings (SSSR count). The molecule has 4 N–H and O–H groups in total. The van der Waals surface area contributed by atoms with Gasteiger partial charge in [-0.1, -0.05) is 66.2 Å². The second-order valence-electron chi connectivity index (χ2n) is 10.8. The van der Waals surface area contributed by atoms with E-state index in [1.165, 1.54) is 24.6 Å². The molecule has 1 saturated carbocycles. The molecular formula is C32H46FN5. The molecule has 1 aliphatic carbocycles. The lowest BCUT2D eigenvalue weighted by Crippen LogP contribution is -2.40. The van der Waals surface area contributed by atoms with E-state index in [9.17, 15) is 4.39 Å². The summed E-state index contributed by atoms with van der Waals surface area (Å²) in [5.41, 5.74) is 8.05. The number of benzene rings is 1. The number of nitrogens with one attached hydrogen (secondary N) is 4. The van der Waals surface area contributed by atoms with Crippen molar-refractivity contribution in [3.8, 4) is 11.3 Å². The van der Waals surface area contributed by atoms with E-state index in [-0.39, 0.29) is 5.82 Å². The van der Waals surface area contributed by atoms with Crippen molar-refractivity contribution in [1.82, 2.24) is 15.3 Å². The molecule has 206 valence electrons. The molecule has 1 fully saturated rings. The Hall–Kier alpha value is -3.12. The van der Waals surface area contributed by atoms with Gasteiger partial charge in [-0.2, -0.15) is 0 Å². The van der Waals surface area contributed by atoms with Crippen LogP contribution in [-0.2, 0) is 6.42 Å². The van der Waals surface area contributed by atoms with Crippen LogP contribution in [0.1, 0.15) is 83.0 Å². The molecule has 2 atom stereocenters. The number of likely N-dealkylation sites (N-methyl/N-ethyl adjacent to an activating group) is 1. The summed E-state index contributed by atoms with van der Waals surface area (Å²) >= 11 is 0. The van der Waals surface area contributed by atoms with Crippen LogP contribution in [0, 0.1) is 11.2 Å². The Morgan fingerprint density at radius 2 is 1.84 bits per heavy atom. The first kappa shape index (κ1) is 29.4. The van der Waals surface area contributed by atoms with Crippen LogP contribution in [0.5, 0.6) is 0 Å². The van der Waals surface area contributed by atoms with Crippen LogP contribution in [0.2, 0.25) is 0 Å². The van der Waals surface area contributed by atoms with E-state index in [0.717, 1.165) is 47.3 Å². The standard InChI is InChI=1S/C25H30FN5.C7H16/c1-5-15-14-29-13-12-17(15)24-23(30-21-9-7-8-19(26)25(21)28-4)16(6-2)22(31-24)18-10-11-20(18)27-3;1-5-7(3,4)6-2/h6-9,12-14,18,20,27-28,30-31H,2,5,10-11H2,1,3-4H3;5-6H2,1-4H3. The van der Waals surface area contributed by atoms with Crippen LogP contribution in [0.3, 0.4) is 0 Å². The van der Waals surface area contributed by atoms with E-state index in [1.54, 1.807) is 13.1 Å².